The van der Waals surface area contributed by atoms with Gasteiger partial charge in [0.15, 0.2) is 0 Å². The molecular weight excluding hydrogens is 547 g/mol. The van der Waals surface area contributed by atoms with Gasteiger partial charge in [-0.1, -0.05) is 27.0 Å². The molecule has 30 heavy (non-hydrogen) atoms. The van der Waals surface area contributed by atoms with Crippen molar-refractivity contribution in [3.05, 3.63) is 24.4 Å². The summed E-state index contributed by atoms with van der Waals surface area (Å²) in [5.41, 5.74) is -1.10. The fourth-order valence-electron chi connectivity index (χ4n) is 1.01. The van der Waals surface area contributed by atoms with Crippen molar-refractivity contribution >= 4 is 58.8 Å². The minimum absolute atomic E-state index is 0. The molecule has 20 heteroatoms. The van der Waals surface area contributed by atoms with Gasteiger partial charge in [-0.05, 0) is 12.8 Å². The van der Waals surface area contributed by atoms with Gasteiger partial charge in [0.2, 0.25) is 0 Å². The van der Waals surface area contributed by atoms with Crippen molar-refractivity contribution in [2.45, 2.75) is 37.6 Å². The van der Waals surface area contributed by atoms with E-state index in [2.05, 4.69) is 13.2 Å². The van der Waals surface area contributed by atoms with Crippen LogP contribution in [-0.2, 0) is 29.4 Å². The van der Waals surface area contributed by atoms with Gasteiger partial charge in [-0.15, -0.1) is 0 Å². The molecule has 0 saturated heterocycles. The maximum absolute atomic E-state index is 10.7. The second-order valence-corrected chi connectivity index (χ2v) is 11.2. The van der Waals surface area contributed by atoms with Crippen molar-refractivity contribution in [2.24, 2.45) is 0 Å². The van der Waals surface area contributed by atoms with Gasteiger partial charge in [0.1, 0.15) is 10.1 Å². The minimum atomic E-state index is -4.46. The molecule has 0 aliphatic rings. The summed E-state index contributed by atoms with van der Waals surface area (Å²) in [5, 5.41) is -0.863. The second-order valence-electron chi connectivity index (χ2n) is 4.63. The Kier molecular flexibility index (Phi) is 36.1. The van der Waals surface area contributed by atoms with Gasteiger partial charge in [0, 0.05) is 11.2 Å². The topological polar surface area (TPSA) is 229 Å². The third kappa shape index (κ3) is 37.7. The third-order valence-corrected chi connectivity index (χ3v) is 6.07. The molecule has 0 heterocycles. The average Bonchev–Trinajstić information content (AvgIpc) is 2.41. The van der Waals surface area contributed by atoms with Crippen molar-refractivity contribution in [2.75, 3.05) is 0 Å². The molecule has 3 unspecified atom stereocenters. The standard InChI is InChI=1S/C6H15O6PS.C2H5O3P.C2H4O3S.2Na.H3P.H2S/c1-3-6(14(10,11)12)4-5(2)13(7,8)9;2*1-2-6(3,4)5;;;;/h5-6H,3-4H2,1-2H3,(H2,7,8,9)(H,10,11,12);2H,1H2,(H2,3,4,5);2H,1H2,(H,3,4,5);;;1H3;1H2/q;;;2*+1;;/p-2. The van der Waals surface area contributed by atoms with Crippen LogP contribution in [0.5, 0.6) is 0 Å². The zero-order valence-electron chi connectivity index (χ0n) is 17.1. The first kappa shape index (κ1) is 49.5. The predicted octanol–water partition coefficient (Wildman–Crippen LogP) is -5.57. The number of rotatable bonds is 7. The van der Waals surface area contributed by atoms with Crippen LogP contribution in [0.3, 0.4) is 0 Å². The van der Waals surface area contributed by atoms with Gasteiger partial charge in [-0.25, -0.2) is 16.8 Å². The molecule has 0 aromatic heterocycles. The van der Waals surface area contributed by atoms with E-state index in [1.807, 2.05) is 0 Å². The quantitative estimate of drug-likeness (QED) is 0.127. The molecule has 0 aliphatic heterocycles. The zero-order chi connectivity index (χ0) is 22.0. The molecule has 0 aromatic rings. The second kappa shape index (κ2) is 21.9. The summed E-state index contributed by atoms with van der Waals surface area (Å²) < 4.78 is 80.1. The molecule has 0 rings (SSSR count). The molecule has 0 aromatic carbocycles. The van der Waals surface area contributed by atoms with Gasteiger partial charge >= 0.3 is 74.3 Å². The van der Waals surface area contributed by atoms with Crippen LogP contribution in [0.15, 0.2) is 24.4 Å². The van der Waals surface area contributed by atoms with E-state index in [-0.39, 0.29) is 95.4 Å². The SMILES string of the molecule is C=CP(=O)(O)O.C=CS(=O)(=O)[O-].CCC(CC(C)P(=O)(O)O)S(=O)(=O)[O-].P.S.[Na+].[Na+]. The van der Waals surface area contributed by atoms with E-state index in [9.17, 15) is 35.1 Å². The number of hydrogen-bond donors (Lipinski definition) is 4. The molecule has 0 radical (unpaired) electrons. The Morgan fingerprint density at radius 2 is 1.27 bits per heavy atom. The fraction of sp³-hybridized carbons (Fsp3) is 0.600. The Labute approximate surface area is 232 Å². The molecule has 0 aliphatic carbocycles. The van der Waals surface area contributed by atoms with E-state index in [4.69, 9.17) is 19.6 Å². The largest absolute Gasteiger partial charge is 1.00 e. The van der Waals surface area contributed by atoms with E-state index in [1.54, 1.807) is 0 Å². The molecule has 12 nitrogen and oxygen atoms in total. The Balaban J connectivity index is -0.0000000565. The van der Waals surface area contributed by atoms with Crippen LogP contribution in [0, 0.1) is 0 Å². The summed E-state index contributed by atoms with van der Waals surface area (Å²) in [6, 6.07) is 0. The summed E-state index contributed by atoms with van der Waals surface area (Å²) in [4.78, 5) is 33.1. The monoisotopic (exact) mass is 574 g/mol. The summed E-state index contributed by atoms with van der Waals surface area (Å²) in [6.07, 6.45) is -0.233. The molecule has 0 fully saturated rings. The molecular formula is C10H27Na2O12P3S3. The van der Waals surface area contributed by atoms with Gasteiger partial charge in [-0.3, -0.25) is 9.13 Å². The van der Waals surface area contributed by atoms with Crippen LogP contribution >= 0.6 is 38.6 Å². The summed E-state index contributed by atoms with van der Waals surface area (Å²) in [7, 11) is -16.8. The van der Waals surface area contributed by atoms with Crippen LogP contribution in [0.4, 0.5) is 0 Å². The van der Waals surface area contributed by atoms with Crippen molar-refractivity contribution in [3.63, 3.8) is 0 Å². The van der Waals surface area contributed by atoms with Crippen LogP contribution in [0.2, 0.25) is 0 Å². The average molecular weight is 574 g/mol. The maximum Gasteiger partial charge on any atom is 1.00 e. The normalized spacial score (nSPS) is 12.7. The summed E-state index contributed by atoms with van der Waals surface area (Å²) in [5.74, 6) is 0.604. The van der Waals surface area contributed by atoms with Crippen molar-refractivity contribution in [1.29, 1.82) is 0 Å². The van der Waals surface area contributed by atoms with Crippen molar-refractivity contribution in [1.82, 2.24) is 0 Å². The molecule has 3 atom stereocenters. The van der Waals surface area contributed by atoms with Crippen molar-refractivity contribution < 1.29 is 114 Å². The molecule has 0 amide bonds. The van der Waals surface area contributed by atoms with E-state index in [1.165, 1.54) is 13.8 Å². The Hall–Kier alpha value is 2.38. The smallest absolute Gasteiger partial charge is 0.748 e. The minimum Gasteiger partial charge on any atom is -0.748 e. The van der Waals surface area contributed by atoms with Gasteiger partial charge in [0.05, 0.1) is 21.0 Å². The molecule has 0 bridgehead atoms. The van der Waals surface area contributed by atoms with Gasteiger partial charge < -0.3 is 28.7 Å². The first-order valence-corrected chi connectivity index (χ1v) is 12.8. The Morgan fingerprint density at radius 1 is 1.00 bits per heavy atom. The fourth-order valence-corrected chi connectivity index (χ4v) is 2.61. The van der Waals surface area contributed by atoms with Gasteiger partial charge in [-0.2, -0.15) is 23.4 Å². The van der Waals surface area contributed by atoms with Gasteiger partial charge in [0.25, 0.3) is 0 Å². The van der Waals surface area contributed by atoms with E-state index < -0.39 is 46.3 Å². The summed E-state index contributed by atoms with van der Waals surface area (Å²) in [6.45, 7) is 8.32. The number of hydrogen-bond acceptors (Lipinski definition) is 8. The van der Waals surface area contributed by atoms with Crippen molar-refractivity contribution in [3.8, 4) is 0 Å². The molecule has 174 valence electrons. The molecule has 4 N–H and O–H groups in total. The van der Waals surface area contributed by atoms with Crippen LogP contribution < -0.4 is 59.1 Å². The zero-order valence-corrected chi connectivity index (χ0v) is 26.9. The summed E-state index contributed by atoms with van der Waals surface area (Å²) >= 11 is 0. The maximum atomic E-state index is 10.7. The first-order chi connectivity index (χ1) is 11.2. The van der Waals surface area contributed by atoms with E-state index >= 15 is 0 Å². The van der Waals surface area contributed by atoms with Crippen LogP contribution in [0.25, 0.3) is 0 Å². The first-order valence-electron chi connectivity index (χ1n) is 6.48. The molecule has 0 saturated carbocycles. The van der Waals surface area contributed by atoms with Crippen LogP contribution in [0.1, 0.15) is 26.7 Å². The Bertz CT molecular complexity index is 736. The van der Waals surface area contributed by atoms with E-state index in [0.29, 0.717) is 11.2 Å². The van der Waals surface area contributed by atoms with E-state index in [0.717, 1.165) is 0 Å². The Morgan fingerprint density at radius 3 is 1.37 bits per heavy atom. The third-order valence-electron chi connectivity index (χ3n) is 2.48. The molecule has 0 spiro atoms. The van der Waals surface area contributed by atoms with Crippen LogP contribution in [-0.4, -0.2) is 56.4 Å². The predicted molar refractivity (Wildman–Crippen MR) is 114 cm³/mol.